The van der Waals surface area contributed by atoms with E-state index in [4.69, 9.17) is 4.74 Å². The largest absolute Gasteiger partial charge is 0.496 e. The Bertz CT molecular complexity index is 602. The summed E-state index contributed by atoms with van der Waals surface area (Å²) in [5.74, 6) is 0.745. The number of hydrogen-bond donors (Lipinski definition) is 1. The Kier molecular flexibility index (Phi) is 5.41. The normalized spacial score (nSPS) is 12.8. The first-order valence-electron chi connectivity index (χ1n) is 6.84. The van der Waals surface area contributed by atoms with Crippen molar-refractivity contribution in [3.63, 3.8) is 0 Å². The van der Waals surface area contributed by atoms with E-state index in [0.29, 0.717) is 0 Å². The first kappa shape index (κ1) is 17.9. The lowest BCUT2D eigenvalue weighted by Gasteiger charge is -2.25. The van der Waals surface area contributed by atoms with Crippen LogP contribution in [0.4, 0.5) is 0 Å². The van der Waals surface area contributed by atoms with Crippen LogP contribution in [-0.4, -0.2) is 33.9 Å². The van der Waals surface area contributed by atoms with Crippen LogP contribution < -0.4 is 9.46 Å². The van der Waals surface area contributed by atoms with Crippen LogP contribution in [0.2, 0.25) is 0 Å². The SMILES string of the molecule is COc1c(CNS(=O)(=O)N(C)C)cc(C)cc1C(C)(C)C. The van der Waals surface area contributed by atoms with Gasteiger partial charge in [0.25, 0.3) is 10.2 Å². The quantitative estimate of drug-likeness (QED) is 0.906. The monoisotopic (exact) mass is 314 g/mol. The van der Waals surface area contributed by atoms with Crippen molar-refractivity contribution in [3.8, 4) is 5.75 Å². The molecule has 1 aromatic rings. The number of methoxy groups -OCH3 is 1. The molecule has 0 spiro atoms. The van der Waals surface area contributed by atoms with Crippen LogP contribution >= 0.6 is 0 Å². The van der Waals surface area contributed by atoms with Gasteiger partial charge in [-0.05, 0) is 12.3 Å². The van der Waals surface area contributed by atoms with Crippen molar-refractivity contribution in [2.75, 3.05) is 21.2 Å². The molecule has 0 saturated heterocycles. The van der Waals surface area contributed by atoms with Gasteiger partial charge in [0, 0.05) is 31.8 Å². The van der Waals surface area contributed by atoms with Gasteiger partial charge < -0.3 is 4.74 Å². The van der Waals surface area contributed by atoms with Crippen molar-refractivity contribution >= 4 is 10.2 Å². The highest BCUT2D eigenvalue weighted by molar-refractivity contribution is 7.87. The number of aryl methyl sites for hydroxylation is 1. The predicted octanol–water partition coefficient (Wildman–Crippen LogP) is 2.20. The van der Waals surface area contributed by atoms with Gasteiger partial charge >= 0.3 is 0 Å². The van der Waals surface area contributed by atoms with Crippen molar-refractivity contribution < 1.29 is 13.2 Å². The molecule has 0 saturated carbocycles. The van der Waals surface area contributed by atoms with Gasteiger partial charge in [-0.3, -0.25) is 0 Å². The van der Waals surface area contributed by atoms with E-state index < -0.39 is 10.2 Å². The van der Waals surface area contributed by atoms with Crippen LogP contribution in [0.15, 0.2) is 12.1 Å². The molecule has 0 aliphatic rings. The molecule has 21 heavy (non-hydrogen) atoms. The molecule has 0 unspecified atom stereocenters. The molecule has 0 atom stereocenters. The molecule has 0 aromatic heterocycles. The highest BCUT2D eigenvalue weighted by Gasteiger charge is 2.22. The maximum Gasteiger partial charge on any atom is 0.279 e. The maximum absolute atomic E-state index is 11.8. The molecule has 120 valence electrons. The summed E-state index contributed by atoms with van der Waals surface area (Å²) in [6.07, 6.45) is 0. The molecular weight excluding hydrogens is 288 g/mol. The molecule has 1 rings (SSSR count). The summed E-state index contributed by atoms with van der Waals surface area (Å²) in [7, 11) is 1.15. The van der Waals surface area contributed by atoms with Gasteiger partial charge in [0.1, 0.15) is 5.75 Å². The van der Waals surface area contributed by atoms with Crippen LogP contribution in [0.25, 0.3) is 0 Å². The zero-order valence-electron chi connectivity index (χ0n) is 13.9. The lowest BCUT2D eigenvalue weighted by atomic mass is 9.84. The molecule has 0 aliphatic carbocycles. The van der Waals surface area contributed by atoms with E-state index in [-0.39, 0.29) is 12.0 Å². The molecule has 1 N–H and O–H groups in total. The minimum Gasteiger partial charge on any atom is -0.496 e. The van der Waals surface area contributed by atoms with Gasteiger partial charge in [0.2, 0.25) is 0 Å². The Morgan fingerprint density at radius 1 is 1.24 bits per heavy atom. The van der Waals surface area contributed by atoms with E-state index in [2.05, 4.69) is 31.6 Å². The van der Waals surface area contributed by atoms with Gasteiger partial charge in [0.05, 0.1) is 7.11 Å². The average Bonchev–Trinajstić information content (AvgIpc) is 2.34. The molecule has 1 aromatic carbocycles. The first-order chi connectivity index (χ1) is 9.49. The van der Waals surface area contributed by atoms with Gasteiger partial charge in [0.15, 0.2) is 0 Å². The van der Waals surface area contributed by atoms with E-state index in [1.54, 1.807) is 7.11 Å². The summed E-state index contributed by atoms with van der Waals surface area (Å²) in [6.45, 7) is 8.53. The maximum atomic E-state index is 11.8. The second-order valence-corrected chi connectivity index (χ2v) is 8.33. The number of hydrogen-bond acceptors (Lipinski definition) is 3. The number of rotatable bonds is 5. The molecule has 0 heterocycles. The summed E-state index contributed by atoms with van der Waals surface area (Å²) < 4.78 is 32.9. The molecule has 0 aliphatic heterocycles. The Balaban J connectivity index is 3.22. The molecule has 5 nitrogen and oxygen atoms in total. The summed E-state index contributed by atoms with van der Waals surface area (Å²) in [5, 5.41) is 0. The molecule has 0 amide bonds. The van der Waals surface area contributed by atoms with Crippen LogP contribution in [-0.2, 0) is 22.2 Å². The van der Waals surface area contributed by atoms with Crippen LogP contribution in [0, 0.1) is 6.92 Å². The highest BCUT2D eigenvalue weighted by atomic mass is 32.2. The molecule has 0 fully saturated rings. The van der Waals surface area contributed by atoms with E-state index in [1.165, 1.54) is 14.1 Å². The van der Waals surface area contributed by atoms with E-state index in [1.807, 2.05) is 13.0 Å². The van der Waals surface area contributed by atoms with Crippen LogP contribution in [0.1, 0.15) is 37.5 Å². The Labute approximate surface area is 128 Å². The number of nitrogens with one attached hydrogen (secondary N) is 1. The standard InChI is InChI=1S/C15H26N2O3S/c1-11-8-12(10-16-21(18,19)17(5)6)14(20-7)13(9-11)15(2,3)4/h8-9,16H,10H2,1-7H3. The zero-order valence-corrected chi connectivity index (χ0v) is 14.8. The van der Waals surface area contributed by atoms with E-state index in [9.17, 15) is 8.42 Å². The Hall–Kier alpha value is -1.11. The molecule has 0 radical (unpaired) electrons. The summed E-state index contributed by atoms with van der Waals surface area (Å²) in [5.41, 5.74) is 2.92. The van der Waals surface area contributed by atoms with Gasteiger partial charge in [-0.15, -0.1) is 0 Å². The topological polar surface area (TPSA) is 58.6 Å². The average molecular weight is 314 g/mol. The zero-order chi connectivity index (χ0) is 16.4. The fourth-order valence-electron chi connectivity index (χ4n) is 2.08. The van der Waals surface area contributed by atoms with Gasteiger partial charge in [-0.25, -0.2) is 0 Å². The van der Waals surface area contributed by atoms with Gasteiger partial charge in [-0.2, -0.15) is 17.4 Å². The fourth-order valence-corrected chi connectivity index (χ4v) is 2.67. The van der Waals surface area contributed by atoms with Crippen molar-refractivity contribution in [1.82, 2.24) is 9.03 Å². The van der Waals surface area contributed by atoms with Crippen molar-refractivity contribution in [2.24, 2.45) is 0 Å². The smallest absolute Gasteiger partial charge is 0.279 e. The number of nitrogens with zero attached hydrogens (tertiary/aromatic N) is 1. The minimum atomic E-state index is -3.45. The second kappa shape index (κ2) is 6.34. The Morgan fingerprint density at radius 3 is 2.24 bits per heavy atom. The van der Waals surface area contributed by atoms with Crippen molar-refractivity contribution in [3.05, 3.63) is 28.8 Å². The minimum absolute atomic E-state index is 0.0768. The van der Waals surface area contributed by atoms with E-state index in [0.717, 1.165) is 26.7 Å². The molecule has 6 heteroatoms. The van der Waals surface area contributed by atoms with Crippen molar-refractivity contribution in [1.29, 1.82) is 0 Å². The summed E-state index contributed by atoms with van der Waals surface area (Å²) in [6, 6.07) is 4.04. The molecule has 0 bridgehead atoms. The predicted molar refractivity (Wildman–Crippen MR) is 85.9 cm³/mol. The highest BCUT2D eigenvalue weighted by Crippen LogP contribution is 2.35. The third kappa shape index (κ3) is 4.43. The lowest BCUT2D eigenvalue weighted by molar-refractivity contribution is 0.391. The third-order valence-electron chi connectivity index (χ3n) is 3.25. The molecular formula is C15H26N2O3S. The Morgan fingerprint density at radius 2 is 1.81 bits per heavy atom. The van der Waals surface area contributed by atoms with Crippen LogP contribution in [0.3, 0.4) is 0 Å². The summed E-state index contributed by atoms with van der Waals surface area (Å²) >= 11 is 0. The number of benzene rings is 1. The lowest BCUT2D eigenvalue weighted by Crippen LogP contribution is -2.35. The van der Waals surface area contributed by atoms with Gasteiger partial charge in [-0.1, -0.05) is 38.5 Å². The first-order valence-corrected chi connectivity index (χ1v) is 8.28. The second-order valence-electron chi connectivity index (χ2n) is 6.36. The third-order valence-corrected chi connectivity index (χ3v) is 4.72. The van der Waals surface area contributed by atoms with Crippen molar-refractivity contribution in [2.45, 2.75) is 39.7 Å². The van der Waals surface area contributed by atoms with E-state index >= 15 is 0 Å². The number of ether oxygens (including phenoxy) is 1. The fraction of sp³-hybridized carbons (Fsp3) is 0.600. The summed E-state index contributed by atoms with van der Waals surface area (Å²) in [4.78, 5) is 0. The van der Waals surface area contributed by atoms with Crippen LogP contribution in [0.5, 0.6) is 5.75 Å².